The minimum absolute atomic E-state index is 0.365. The van der Waals surface area contributed by atoms with Crippen LogP contribution in [0.2, 0.25) is 0 Å². The summed E-state index contributed by atoms with van der Waals surface area (Å²) in [5.74, 6) is -0.365. The lowest BCUT2D eigenvalue weighted by molar-refractivity contribution is -0.164. The van der Waals surface area contributed by atoms with Crippen LogP contribution in [0.1, 0.15) is 6.92 Å². The zero-order valence-electron chi connectivity index (χ0n) is 8.66. The van der Waals surface area contributed by atoms with Gasteiger partial charge in [0.15, 0.2) is 11.8 Å². The van der Waals surface area contributed by atoms with Crippen molar-refractivity contribution < 1.29 is 19.1 Å². The maximum atomic E-state index is 11.7. The standard InChI is InChI=1S/C8H14N2O4/c1-8(6(13-3)14-4)5(11)10(2)7(12)9-8/h6H,1-4H3,(H,9,12). The molecule has 1 aliphatic heterocycles. The van der Waals surface area contributed by atoms with Crippen LogP contribution in [-0.2, 0) is 14.3 Å². The van der Waals surface area contributed by atoms with E-state index in [-0.39, 0.29) is 5.91 Å². The topological polar surface area (TPSA) is 67.9 Å². The van der Waals surface area contributed by atoms with E-state index in [1.807, 2.05) is 0 Å². The predicted octanol–water partition coefficient (Wildman–Crippen LogP) is -0.454. The highest BCUT2D eigenvalue weighted by Gasteiger charge is 2.52. The van der Waals surface area contributed by atoms with Crippen LogP contribution in [0.3, 0.4) is 0 Å². The SMILES string of the molecule is COC(OC)C1(C)NC(=O)N(C)C1=O. The number of urea groups is 1. The minimum atomic E-state index is -1.14. The Hall–Kier alpha value is -1.14. The van der Waals surface area contributed by atoms with Crippen LogP contribution < -0.4 is 5.32 Å². The van der Waals surface area contributed by atoms with Crippen molar-refractivity contribution >= 4 is 11.9 Å². The fourth-order valence-electron chi connectivity index (χ4n) is 1.53. The molecule has 1 rings (SSSR count). The van der Waals surface area contributed by atoms with Crippen LogP contribution in [0.5, 0.6) is 0 Å². The van der Waals surface area contributed by atoms with E-state index < -0.39 is 17.9 Å². The zero-order valence-corrected chi connectivity index (χ0v) is 8.66. The summed E-state index contributed by atoms with van der Waals surface area (Å²) >= 11 is 0. The summed E-state index contributed by atoms with van der Waals surface area (Å²) in [5, 5.41) is 2.52. The van der Waals surface area contributed by atoms with Gasteiger partial charge in [0.1, 0.15) is 0 Å². The Morgan fingerprint density at radius 2 is 1.86 bits per heavy atom. The molecule has 0 bridgehead atoms. The van der Waals surface area contributed by atoms with Gasteiger partial charge in [-0.2, -0.15) is 0 Å². The van der Waals surface area contributed by atoms with Crippen LogP contribution in [0.25, 0.3) is 0 Å². The maximum absolute atomic E-state index is 11.7. The molecule has 6 heteroatoms. The second kappa shape index (κ2) is 3.55. The first-order chi connectivity index (χ1) is 6.47. The van der Waals surface area contributed by atoms with Crippen LogP contribution >= 0.6 is 0 Å². The lowest BCUT2D eigenvalue weighted by atomic mass is 10.0. The minimum Gasteiger partial charge on any atom is -0.353 e. The molecule has 1 saturated heterocycles. The van der Waals surface area contributed by atoms with Crippen molar-refractivity contribution in [2.75, 3.05) is 21.3 Å². The molecule has 0 aromatic carbocycles. The number of hydrogen-bond donors (Lipinski definition) is 1. The molecular weight excluding hydrogens is 188 g/mol. The van der Waals surface area contributed by atoms with Gasteiger partial charge in [-0.25, -0.2) is 4.79 Å². The number of nitrogens with zero attached hydrogens (tertiary/aromatic N) is 1. The quantitative estimate of drug-likeness (QED) is 0.497. The molecule has 6 nitrogen and oxygen atoms in total. The monoisotopic (exact) mass is 202 g/mol. The van der Waals surface area contributed by atoms with Crippen molar-refractivity contribution in [3.05, 3.63) is 0 Å². The number of carbonyl (C=O) groups is 2. The van der Waals surface area contributed by atoms with E-state index in [0.29, 0.717) is 0 Å². The number of imide groups is 1. The molecular formula is C8H14N2O4. The zero-order chi connectivity index (χ0) is 10.9. The fraction of sp³-hybridized carbons (Fsp3) is 0.750. The summed E-state index contributed by atoms with van der Waals surface area (Å²) in [7, 11) is 4.24. The molecule has 3 amide bonds. The van der Waals surface area contributed by atoms with Crippen LogP contribution in [0.15, 0.2) is 0 Å². The van der Waals surface area contributed by atoms with Crippen molar-refractivity contribution in [2.24, 2.45) is 0 Å². The van der Waals surface area contributed by atoms with Crippen LogP contribution in [-0.4, -0.2) is 49.9 Å². The van der Waals surface area contributed by atoms with E-state index in [1.54, 1.807) is 6.92 Å². The second-order valence-corrected chi connectivity index (χ2v) is 3.30. The summed E-state index contributed by atoms with van der Waals surface area (Å²) in [4.78, 5) is 23.9. The van der Waals surface area contributed by atoms with E-state index in [4.69, 9.17) is 9.47 Å². The van der Waals surface area contributed by atoms with E-state index in [1.165, 1.54) is 21.3 Å². The molecule has 0 aromatic heterocycles. The molecule has 0 aromatic rings. The predicted molar refractivity (Wildman–Crippen MR) is 47.5 cm³/mol. The van der Waals surface area contributed by atoms with Crippen molar-refractivity contribution in [3.8, 4) is 0 Å². The Balaban J connectivity index is 2.95. The van der Waals surface area contributed by atoms with Gasteiger partial charge < -0.3 is 14.8 Å². The summed E-state index contributed by atoms with van der Waals surface area (Å²) in [6, 6.07) is -0.448. The smallest absolute Gasteiger partial charge is 0.324 e. The number of hydrogen-bond acceptors (Lipinski definition) is 4. The summed E-state index contributed by atoms with van der Waals surface area (Å²) in [5.41, 5.74) is -1.14. The van der Waals surface area contributed by atoms with E-state index in [0.717, 1.165) is 4.90 Å². The van der Waals surface area contributed by atoms with Crippen molar-refractivity contribution in [1.82, 2.24) is 10.2 Å². The van der Waals surface area contributed by atoms with Crippen molar-refractivity contribution in [3.63, 3.8) is 0 Å². The molecule has 0 aliphatic carbocycles. The second-order valence-electron chi connectivity index (χ2n) is 3.30. The van der Waals surface area contributed by atoms with Crippen molar-refractivity contribution in [2.45, 2.75) is 18.8 Å². The fourth-order valence-corrected chi connectivity index (χ4v) is 1.53. The number of ether oxygens (including phenoxy) is 2. The van der Waals surface area contributed by atoms with E-state index in [9.17, 15) is 9.59 Å². The van der Waals surface area contributed by atoms with Gasteiger partial charge in [0.2, 0.25) is 0 Å². The average Bonchev–Trinajstić information content (AvgIpc) is 2.33. The highest BCUT2D eigenvalue weighted by Crippen LogP contribution is 2.22. The molecule has 1 N–H and O–H groups in total. The number of rotatable bonds is 3. The Bertz CT molecular complexity index is 264. The van der Waals surface area contributed by atoms with Gasteiger partial charge in [0.25, 0.3) is 5.91 Å². The summed E-state index contributed by atoms with van der Waals surface area (Å²) < 4.78 is 9.94. The van der Waals surface area contributed by atoms with Gasteiger partial charge in [-0.3, -0.25) is 9.69 Å². The molecule has 0 radical (unpaired) electrons. The number of methoxy groups -OCH3 is 2. The van der Waals surface area contributed by atoms with Gasteiger partial charge in [0.05, 0.1) is 0 Å². The normalized spacial score (nSPS) is 27.4. The van der Waals surface area contributed by atoms with Crippen LogP contribution in [0.4, 0.5) is 4.79 Å². The third kappa shape index (κ3) is 1.36. The molecule has 80 valence electrons. The summed E-state index contributed by atoms with van der Waals surface area (Å²) in [6.07, 6.45) is -0.788. The highest BCUT2D eigenvalue weighted by atomic mass is 16.7. The molecule has 1 atom stereocenters. The van der Waals surface area contributed by atoms with Gasteiger partial charge in [-0.15, -0.1) is 0 Å². The average molecular weight is 202 g/mol. The number of nitrogens with one attached hydrogen (secondary N) is 1. The molecule has 0 spiro atoms. The lowest BCUT2D eigenvalue weighted by Gasteiger charge is -2.28. The lowest BCUT2D eigenvalue weighted by Crippen LogP contribution is -2.55. The molecule has 14 heavy (non-hydrogen) atoms. The van der Waals surface area contributed by atoms with Gasteiger partial charge >= 0.3 is 6.03 Å². The van der Waals surface area contributed by atoms with E-state index in [2.05, 4.69) is 5.32 Å². The van der Waals surface area contributed by atoms with Gasteiger partial charge in [-0.1, -0.05) is 0 Å². The number of carbonyl (C=O) groups excluding carboxylic acids is 2. The Morgan fingerprint density at radius 1 is 1.36 bits per heavy atom. The molecule has 1 unspecified atom stereocenters. The molecule has 1 fully saturated rings. The number of likely N-dealkylation sites (N-methyl/N-ethyl adjacent to an activating group) is 1. The third-order valence-electron chi connectivity index (χ3n) is 2.32. The largest absolute Gasteiger partial charge is 0.353 e. The maximum Gasteiger partial charge on any atom is 0.324 e. The van der Waals surface area contributed by atoms with Crippen LogP contribution in [0, 0.1) is 0 Å². The Labute approximate surface area is 82.1 Å². The molecule has 0 saturated carbocycles. The first-order valence-electron chi connectivity index (χ1n) is 4.13. The van der Waals surface area contributed by atoms with Crippen molar-refractivity contribution in [1.29, 1.82) is 0 Å². The highest BCUT2D eigenvalue weighted by molar-refractivity contribution is 6.06. The van der Waals surface area contributed by atoms with E-state index >= 15 is 0 Å². The Morgan fingerprint density at radius 3 is 2.14 bits per heavy atom. The first kappa shape index (κ1) is 10.9. The third-order valence-corrected chi connectivity index (χ3v) is 2.32. The molecule has 1 aliphatic rings. The Kier molecular flexibility index (Phi) is 2.77. The summed E-state index contributed by atoms with van der Waals surface area (Å²) in [6.45, 7) is 1.56. The van der Waals surface area contributed by atoms with Gasteiger partial charge in [0, 0.05) is 21.3 Å². The molecule has 1 heterocycles. The number of amides is 3. The van der Waals surface area contributed by atoms with Gasteiger partial charge in [-0.05, 0) is 6.92 Å². The first-order valence-corrected chi connectivity index (χ1v) is 4.13.